The highest BCUT2D eigenvalue weighted by molar-refractivity contribution is 5.40. The summed E-state index contributed by atoms with van der Waals surface area (Å²) in [5.74, 6) is -3.42. The molecule has 0 aliphatic rings. The topological polar surface area (TPSA) is 34.1 Å². The molecule has 1 rings (SSSR count). The van der Waals surface area contributed by atoms with Crippen LogP contribution in [0.1, 0.15) is 16.8 Å². The Morgan fingerprint density at radius 1 is 1.37 bits per heavy atom. The monoisotopic (exact) mass is 280 g/mol. The van der Waals surface area contributed by atoms with Gasteiger partial charge in [-0.25, -0.2) is 8.78 Å². The SMILES string of the molecule is COc1c(C)cnc(CNCC(F)(F)C(F)F)c1C. The molecule has 0 aliphatic carbocycles. The zero-order valence-electron chi connectivity index (χ0n) is 10.9. The van der Waals surface area contributed by atoms with Crippen LogP contribution < -0.4 is 10.1 Å². The maximum absolute atomic E-state index is 12.7. The number of aryl methyl sites for hydroxylation is 1. The maximum atomic E-state index is 12.7. The zero-order chi connectivity index (χ0) is 14.6. The zero-order valence-corrected chi connectivity index (χ0v) is 10.9. The number of methoxy groups -OCH3 is 1. The van der Waals surface area contributed by atoms with Crippen LogP contribution in [0, 0.1) is 13.8 Å². The van der Waals surface area contributed by atoms with Gasteiger partial charge in [-0.3, -0.25) is 4.98 Å². The summed E-state index contributed by atoms with van der Waals surface area (Å²) in [5, 5.41) is 2.29. The molecular formula is C12H16F4N2O. The van der Waals surface area contributed by atoms with Gasteiger partial charge in [0.05, 0.1) is 19.3 Å². The molecule has 0 atom stereocenters. The van der Waals surface area contributed by atoms with E-state index in [0.29, 0.717) is 17.0 Å². The average Bonchev–Trinajstić information content (AvgIpc) is 2.32. The number of pyridine rings is 1. The first-order valence-electron chi connectivity index (χ1n) is 5.65. The van der Waals surface area contributed by atoms with E-state index in [0.717, 1.165) is 5.56 Å². The smallest absolute Gasteiger partial charge is 0.319 e. The molecule has 1 heterocycles. The molecule has 0 amide bonds. The quantitative estimate of drug-likeness (QED) is 0.814. The third-order valence-corrected chi connectivity index (χ3v) is 2.72. The first-order valence-corrected chi connectivity index (χ1v) is 5.65. The predicted molar refractivity (Wildman–Crippen MR) is 62.9 cm³/mol. The third-order valence-electron chi connectivity index (χ3n) is 2.72. The van der Waals surface area contributed by atoms with Crippen LogP contribution in [0.15, 0.2) is 6.20 Å². The molecule has 7 heteroatoms. The van der Waals surface area contributed by atoms with Gasteiger partial charge < -0.3 is 10.1 Å². The van der Waals surface area contributed by atoms with Gasteiger partial charge in [-0.05, 0) is 13.8 Å². The molecule has 0 radical (unpaired) electrons. The Hall–Kier alpha value is -1.37. The van der Waals surface area contributed by atoms with Crippen molar-refractivity contribution in [3.63, 3.8) is 0 Å². The lowest BCUT2D eigenvalue weighted by Gasteiger charge is -2.17. The van der Waals surface area contributed by atoms with Gasteiger partial charge in [-0.1, -0.05) is 0 Å². The second kappa shape index (κ2) is 6.18. The number of nitrogens with one attached hydrogen (secondary N) is 1. The van der Waals surface area contributed by atoms with Crippen molar-refractivity contribution in [1.82, 2.24) is 10.3 Å². The van der Waals surface area contributed by atoms with Crippen LogP contribution in [-0.2, 0) is 6.54 Å². The van der Waals surface area contributed by atoms with E-state index in [1.165, 1.54) is 7.11 Å². The molecule has 0 aromatic carbocycles. The van der Waals surface area contributed by atoms with Crippen LogP contribution in [0.4, 0.5) is 17.6 Å². The molecular weight excluding hydrogens is 264 g/mol. The van der Waals surface area contributed by atoms with Gasteiger partial charge in [0.15, 0.2) is 0 Å². The van der Waals surface area contributed by atoms with Crippen LogP contribution in [0.2, 0.25) is 0 Å². The largest absolute Gasteiger partial charge is 0.496 e. The lowest BCUT2D eigenvalue weighted by Crippen LogP contribution is -2.38. The molecule has 1 aromatic rings. The molecule has 0 unspecified atom stereocenters. The molecule has 3 nitrogen and oxygen atoms in total. The maximum Gasteiger partial charge on any atom is 0.319 e. The summed E-state index contributed by atoms with van der Waals surface area (Å²) < 4.78 is 54.5. The Balaban J connectivity index is 2.69. The highest BCUT2D eigenvalue weighted by Gasteiger charge is 2.40. The average molecular weight is 280 g/mol. The number of alkyl halides is 4. The first-order chi connectivity index (χ1) is 8.79. The fraction of sp³-hybridized carbons (Fsp3) is 0.583. The molecule has 108 valence electrons. The molecule has 0 aliphatic heterocycles. The van der Waals surface area contributed by atoms with E-state index in [4.69, 9.17) is 4.74 Å². The van der Waals surface area contributed by atoms with Gasteiger partial charge in [0.2, 0.25) is 0 Å². The molecule has 19 heavy (non-hydrogen) atoms. The van der Waals surface area contributed by atoms with Gasteiger partial charge in [0, 0.05) is 23.9 Å². The number of hydrogen-bond acceptors (Lipinski definition) is 3. The Morgan fingerprint density at radius 3 is 2.53 bits per heavy atom. The molecule has 0 fully saturated rings. The third kappa shape index (κ3) is 3.79. The van der Waals surface area contributed by atoms with Crippen LogP contribution in [0.5, 0.6) is 5.75 Å². The molecule has 0 spiro atoms. The number of halogens is 4. The Labute approximate surface area is 109 Å². The molecule has 1 aromatic heterocycles. The van der Waals surface area contributed by atoms with E-state index in [2.05, 4.69) is 10.3 Å². The summed E-state index contributed by atoms with van der Waals surface area (Å²) in [6.07, 6.45) is -2.13. The number of aromatic nitrogens is 1. The van der Waals surface area contributed by atoms with E-state index in [1.807, 2.05) is 0 Å². The second-order valence-electron chi connectivity index (χ2n) is 4.21. The van der Waals surface area contributed by atoms with Crippen molar-refractivity contribution in [1.29, 1.82) is 0 Å². The first kappa shape index (κ1) is 15.7. The normalized spacial score (nSPS) is 12.0. The number of nitrogens with zero attached hydrogens (tertiary/aromatic N) is 1. The van der Waals surface area contributed by atoms with Crippen molar-refractivity contribution >= 4 is 0 Å². The summed E-state index contributed by atoms with van der Waals surface area (Å²) in [4.78, 5) is 4.08. The van der Waals surface area contributed by atoms with Gasteiger partial charge in [-0.2, -0.15) is 8.78 Å². The lowest BCUT2D eigenvalue weighted by atomic mass is 10.1. The Morgan fingerprint density at radius 2 is 2.00 bits per heavy atom. The Bertz CT molecular complexity index is 438. The standard InChI is InChI=1S/C12H16F4N2O/c1-7-4-18-9(8(2)10(7)19-3)5-17-6-12(15,16)11(13)14/h4,11,17H,5-6H2,1-3H3. The van der Waals surface area contributed by atoms with Crippen LogP contribution >= 0.6 is 0 Å². The molecule has 1 N–H and O–H groups in total. The fourth-order valence-corrected chi connectivity index (χ4v) is 1.67. The van der Waals surface area contributed by atoms with Crippen LogP contribution in [-0.4, -0.2) is 31.0 Å². The number of hydrogen-bond donors (Lipinski definition) is 1. The van der Waals surface area contributed by atoms with Gasteiger partial charge in [0.1, 0.15) is 5.75 Å². The summed E-state index contributed by atoms with van der Waals surface area (Å²) in [5.41, 5.74) is 2.02. The van der Waals surface area contributed by atoms with Gasteiger partial charge in [0.25, 0.3) is 0 Å². The van der Waals surface area contributed by atoms with E-state index in [1.54, 1.807) is 20.0 Å². The minimum atomic E-state index is -4.04. The summed E-state index contributed by atoms with van der Waals surface area (Å²) in [7, 11) is 1.50. The number of rotatable bonds is 6. The van der Waals surface area contributed by atoms with Crippen molar-refractivity contribution in [3.05, 3.63) is 23.0 Å². The summed E-state index contributed by atoms with van der Waals surface area (Å²) in [6, 6.07) is 0. The lowest BCUT2D eigenvalue weighted by molar-refractivity contribution is -0.125. The molecule has 0 saturated carbocycles. The van der Waals surface area contributed by atoms with Crippen molar-refractivity contribution in [2.45, 2.75) is 32.7 Å². The molecule has 0 bridgehead atoms. The highest BCUT2D eigenvalue weighted by atomic mass is 19.3. The van der Waals surface area contributed by atoms with Crippen molar-refractivity contribution in [3.8, 4) is 5.75 Å². The summed E-state index contributed by atoms with van der Waals surface area (Å²) in [6.45, 7) is 2.43. The van der Waals surface area contributed by atoms with Gasteiger partial charge in [-0.15, -0.1) is 0 Å². The fourth-order valence-electron chi connectivity index (χ4n) is 1.67. The summed E-state index contributed by atoms with van der Waals surface area (Å²) >= 11 is 0. The van der Waals surface area contributed by atoms with Crippen molar-refractivity contribution in [2.75, 3.05) is 13.7 Å². The predicted octanol–water partition coefficient (Wildman–Crippen LogP) is 2.70. The van der Waals surface area contributed by atoms with Crippen LogP contribution in [0.3, 0.4) is 0 Å². The second-order valence-corrected chi connectivity index (χ2v) is 4.21. The molecule has 0 saturated heterocycles. The highest BCUT2D eigenvalue weighted by Crippen LogP contribution is 2.24. The number of ether oxygens (including phenoxy) is 1. The van der Waals surface area contributed by atoms with E-state index < -0.39 is 18.9 Å². The van der Waals surface area contributed by atoms with E-state index >= 15 is 0 Å². The minimum Gasteiger partial charge on any atom is -0.496 e. The van der Waals surface area contributed by atoms with Crippen molar-refractivity contribution < 1.29 is 22.3 Å². The van der Waals surface area contributed by atoms with Crippen LogP contribution in [0.25, 0.3) is 0 Å². The Kier molecular flexibility index (Phi) is 5.11. The van der Waals surface area contributed by atoms with E-state index in [9.17, 15) is 17.6 Å². The minimum absolute atomic E-state index is 0.0230. The van der Waals surface area contributed by atoms with E-state index in [-0.39, 0.29) is 6.54 Å². The van der Waals surface area contributed by atoms with Gasteiger partial charge >= 0.3 is 12.3 Å². The van der Waals surface area contributed by atoms with Crippen molar-refractivity contribution in [2.24, 2.45) is 0 Å².